The monoisotopic (exact) mass is 318 g/mol. The minimum atomic E-state index is -0.224. The zero-order valence-electron chi connectivity index (χ0n) is 14.3. The highest BCUT2D eigenvalue weighted by molar-refractivity contribution is 5.87. The Balaban J connectivity index is 2.06. The summed E-state index contributed by atoms with van der Waals surface area (Å²) < 4.78 is 5.18. The summed E-state index contributed by atoms with van der Waals surface area (Å²) in [6.45, 7) is 4.80. The summed E-state index contributed by atoms with van der Waals surface area (Å²) in [5.74, 6) is 0.846. The third kappa shape index (κ3) is 4.24. The van der Waals surface area contributed by atoms with Gasteiger partial charge in [-0.05, 0) is 30.0 Å². The van der Waals surface area contributed by atoms with Gasteiger partial charge in [-0.25, -0.2) is 0 Å². The van der Waals surface area contributed by atoms with Crippen LogP contribution >= 0.6 is 0 Å². The van der Waals surface area contributed by atoms with Crippen LogP contribution in [0.4, 0.5) is 0 Å². The highest BCUT2D eigenvalue weighted by Crippen LogP contribution is 2.26. The number of amides is 2. The summed E-state index contributed by atoms with van der Waals surface area (Å²) in [5, 5.41) is 3.12. The molecule has 0 radical (unpaired) electrons. The summed E-state index contributed by atoms with van der Waals surface area (Å²) in [4.78, 5) is 26.0. The lowest BCUT2D eigenvalue weighted by molar-refractivity contribution is -0.139. The van der Waals surface area contributed by atoms with E-state index < -0.39 is 0 Å². The Labute approximate surface area is 138 Å². The maximum absolute atomic E-state index is 12.6. The van der Waals surface area contributed by atoms with Crippen LogP contribution in [0.2, 0.25) is 0 Å². The summed E-state index contributed by atoms with van der Waals surface area (Å²) >= 11 is 0. The predicted molar refractivity (Wildman–Crippen MR) is 89.1 cm³/mol. The van der Waals surface area contributed by atoms with E-state index in [0.29, 0.717) is 13.0 Å². The molecule has 0 aliphatic carbocycles. The number of nitrogens with one attached hydrogen (secondary N) is 1. The van der Waals surface area contributed by atoms with Crippen LogP contribution in [0.1, 0.15) is 38.3 Å². The average molecular weight is 318 g/mol. The number of benzene rings is 1. The molecule has 2 rings (SSSR count). The Morgan fingerprint density at radius 2 is 1.96 bits per heavy atom. The lowest BCUT2D eigenvalue weighted by Crippen LogP contribution is -2.43. The third-order valence-electron chi connectivity index (χ3n) is 4.47. The van der Waals surface area contributed by atoms with Gasteiger partial charge in [-0.2, -0.15) is 0 Å². The van der Waals surface area contributed by atoms with Crippen molar-refractivity contribution in [3.8, 4) is 5.75 Å². The van der Waals surface area contributed by atoms with Crippen LogP contribution in [0.25, 0.3) is 0 Å². The molecule has 0 unspecified atom stereocenters. The maximum Gasteiger partial charge on any atom is 0.224 e. The molecule has 0 aromatic heterocycles. The van der Waals surface area contributed by atoms with Gasteiger partial charge in [0.1, 0.15) is 5.75 Å². The van der Waals surface area contributed by atoms with E-state index in [2.05, 4.69) is 19.2 Å². The number of methoxy groups -OCH3 is 1. The Hall–Kier alpha value is -2.04. The fourth-order valence-electron chi connectivity index (χ4n) is 2.88. The number of carbonyl (C=O) groups excluding carboxylic acids is 2. The van der Waals surface area contributed by atoms with E-state index in [1.807, 2.05) is 24.3 Å². The van der Waals surface area contributed by atoms with Gasteiger partial charge in [-0.15, -0.1) is 0 Å². The molecular formula is C18H26N2O3. The van der Waals surface area contributed by atoms with Gasteiger partial charge in [-0.1, -0.05) is 26.0 Å². The van der Waals surface area contributed by atoms with Crippen molar-refractivity contribution in [3.05, 3.63) is 29.8 Å². The lowest BCUT2D eigenvalue weighted by Gasteiger charge is -2.30. The Kier molecular flexibility index (Phi) is 5.64. The first-order valence-electron chi connectivity index (χ1n) is 8.10. The van der Waals surface area contributed by atoms with E-state index >= 15 is 0 Å². The van der Waals surface area contributed by atoms with Gasteiger partial charge in [0.25, 0.3) is 0 Å². The third-order valence-corrected chi connectivity index (χ3v) is 4.47. The van der Waals surface area contributed by atoms with E-state index in [-0.39, 0.29) is 29.7 Å². The first-order chi connectivity index (χ1) is 10.9. The minimum Gasteiger partial charge on any atom is -0.497 e. The van der Waals surface area contributed by atoms with Crippen molar-refractivity contribution < 1.29 is 14.3 Å². The molecule has 1 fully saturated rings. The van der Waals surface area contributed by atoms with Crippen LogP contribution in [-0.2, 0) is 9.59 Å². The van der Waals surface area contributed by atoms with Crippen molar-refractivity contribution in [1.82, 2.24) is 10.2 Å². The number of hydrogen-bond acceptors (Lipinski definition) is 3. The number of likely N-dealkylation sites (tertiary alicyclic amines) is 1. The number of piperidine rings is 1. The number of ether oxygens (including phenoxy) is 1. The lowest BCUT2D eigenvalue weighted by atomic mass is 9.92. The molecule has 1 N–H and O–H groups in total. The Bertz CT molecular complexity index is 554. The molecule has 5 nitrogen and oxygen atoms in total. The summed E-state index contributed by atoms with van der Waals surface area (Å²) in [6, 6.07) is 7.68. The summed E-state index contributed by atoms with van der Waals surface area (Å²) in [5.41, 5.74) is 1.05. The molecule has 1 heterocycles. The first-order valence-corrected chi connectivity index (χ1v) is 8.10. The van der Waals surface area contributed by atoms with Crippen molar-refractivity contribution in [2.75, 3.05) is 20.7 Å². The number of hydrogen-bond donors (Lipinski definition) is 1. The van der Waals surface area contributed by atoms with Gasteiger partial charge in [0, 0.05) is 25.9 Å². The average Bonchev–Trinajstić information content (AvgIpc) is 2.54. The van der Waals surface area contributed by atoms with Crippen LogP contribution in [0.15, 0.2) is 24.3 Å². The van der Waals surface area contributed by atoms with Crippen molar-refractivity contribution in [2.24, 2.45) is 11.8 Å². The largest absolute Gasteiger partial charge is 0.497 e. The fraction of sp³-hybridized carbons (Fsp3) is 0.556. The molecule has 0 bridgehead atoms. The molecule has 1 aliphatic heterocycles. The van der Waals surface area contributed by atoms with Gasteiger partial charge >= 0.3 is 0 Å². The normalized spacial score (nSPS) is 19.6. The zero-order chi connectivity index (χ0) is 17.0. The smallest absolute Gasteiger partial charge is 0.224 e. The molecule has 1 saturated heterocycles. The van der Waals surface area contributed by atoms with Crippen LogP contribution in [0.5, 0.6) is 5.75 Å². The van der Waals surface area contributed by atoms with Crippen molar-refractivity contribution in [2.45, 2.75) is 32.7 Å². The van der Waals surface area contributed by atoms with Crippen LogP contribution in [0.3, 0.4) is 0 Å². The molecule has 0 spiro atoms. The van der Waals surface area contributed by atoms with E-state index in [1.165, 1.54) is 0 Å². The number of nitrogens with zero attached hydrogens (tertiary/aromatic N) is 1. The summed E-state index contributed by atoms with van der Waals surface area (Å²) in [7, 11) is 3.42. The molecule has 23 heavy (non-hydrogen) atoms. The minimum absolute atomic E-state index is 0.0269. The van der Waals surface area contributed by atoms with E-state index in [9.17, 15) is 9.59 Å². The molecule has 126 valence electrons. The Morgan fingerprint density at radius 1 is 1.30 bits per heavy atom. The number of rotatable bonds is 5. The van der Waals surface area contributed by atoms with Gasteiger partial charge in [0.15, 0.2) is 0 Å². The molecule has 1 aromatic carbocycles. The van der Waals surface area contributed by atoms with Gasteiger partial charge in [0.05, 0.1) is 13.2 Å². The second-order valence-corrected chi connectivity index (χ2v) is 6.51. The second kappa shape index (κ2) is 7.49. The summed E-state index contributed by atoms with van der Waals surface area (Å²) in [6.07, 6.45) is 1.03. The van der Waals surface area contributed by atoms with Gasteiger partial charge in [0.2, 0.25) is 11.8 Å². The van der Waals surface area contributed by atoms with Crippen molar-refractivity contribution >= 4 is 11.8 Å². The van der Waals surface area contributed by atoms with E-state index in [0.717, 1.165) is 17.7 Å². The molecule has 2 atom stereocenters. The zero-order valence-corrected chi connectivity index (χ0v) is 14.3. The fourth-order valence-corrected chi connectivity index (χ4v) is 2.88. The molecule has 1 aromatic rings. The Morgan fingerprint density at radius 3 is 2.48 bits per heavy atom. The highest BCUT2D eigenvalue weighted by atomic mass is 16.5. The standard InChI is InChI=1S/C18H26N2O3/c1-12(2)17(13-5-7-15(23-4)8-6-13)19-18(22)14-9-10-20(3)16(21)11-14/h5-8,12,14,17H,9-11H2,1-4H3,(H,19,22)/t14-,17-/m0/s1. The first kappa shape index (κ1) is 17.3. The van der Waals surface area contributed by atoms with Crippen LogP contribution < -0.4 is 10.1 Å². The highest BCUT2D eigenvalue weighted by Gasteiger charge is 2.30. The molecule has 5 heteroatoms. The number of carbonyl (C=O) groups is 2. The van der Waals surface area contributed by atoms with E-state index in [1.54, 1.807) is 19.1 Å². The van der Waals surface area contributed by atoms with E-state index in [4.69, 9.17) is 4.74 Å². The van der Waals surface area contributed by atoms with Crippen LogP contribution in [0, 0.1) is 11.8 Å². The van der Waals surface area contributed by atoms with Gasteiger partial charge in [-0.3, -0.25) is 9.59 Å². The van der Waals surface area contributed by atoms with Crippen molar-refractivity contribution in [3.63, 3.8) is 0 Å². The van der Waals surface area contributed by atoms with Crippen LogP contribution in [-0.4, -0.2) is 37.4 Å². The SMILES string of the molecule is COc1ccc([C@@H](NC(=O)[C@H]2CCN(C)C(=O)C2)C(C)C)cc1. The van der Waals surface area contributed by atoms with Gasteiger partial charge < -0.3 is 15.0 Å². The molecule has 2 amide bonds. The molecule has 0 saturated carbocycles. The maximum atomic E-state index is 12.6. The molecular weight excluding hydrogens is 292 g/mol. The van der Waals surface area contributed by atoms with Crippen molar-refractivity contribution in [1.29, 1.82) is 0 Å². The topological polar surface area (TPSA) is 58.6 Å². The quantitative estimate of drug-likeness (QED) is 0.907. The second-order valence-electron chi connectivity index (χ2n) is 6.51. The predicted octanol–water partition coefficient (Wildman–Crippen LogP) is 2.38. The molecule has 1 aliphatic rings.